The first kappa shape index (κ1) is 23.2. The minimum atomic E-state index is 0. The van der Waals surface area contributed by atoms with Crippen molar-refractivity contribution in [3.63, 3.8) is 0 Å². The molecule has 0 spiro atoms. The molecule has 1 amide bonds. The zero-order chi connectivity index (χ0) is 17.5. The second-order valence-corrected chi connectivity index (χ2v) is 6.65. The molecule has 1 aromatic heterocycles. The van der Waals surface area contributed by atoms with E-state index in [0.717, 1.165) is 30.3 Å². The van der Waals surface area contributed by atoms with E-state index in [0.29, 0.717) is 18.3 Å². The molecule has 2 unspecified atom stereocenters. The molecule has 148 valence electrons. The van der Waals surface area contributed by atoms with E-state index in [2.05, 4.69) is 22.5 Å². The molecular weight excluding hydrogens is 385 g/mol. The van der Waals surface area contributed by atoms with E-state index in [1.165, 1.54) is 12.8 Å². The van der Waals surface area contributed by atoms with Gasteiger partial charge in [-0.25, -0.2) is 0 Å². The standard InChI is InChI=1S/C20H25N3O2.2ClH/c1-15(16-3-2-10-22-14-16)13-20(24)23-17-4-6-18(7-5-17)25-19-8-11-21-12-9-19;;/h4-9,11-12,15-16,22H,2-3,10,13-14H2,1H3,(H,23,24);2*1H. The van der Waals surface area contributed by atoms with Crippen LogP contribution in [0, 0.1) is 11.8 Å². The van der Waals surface area contributed by atoms with Gasteiger partial charge in [0.15, 0.2) is 0 Å². The molecule has 2 atom stereocenters. The number of amides is 1. The van der Waals surface area contributed by atoms with Crippen LogP contribution in [-0.2, 0) is 4.79 Å². The molecule has 1 aliphatic heterocycles. The topological polar surface area (TPSA) is 63.2 Å². The predicted molar refractivity (Wildman–Crippen MR) is 113 cm³/mol. The van der Waals surface area contributed by atoms with Gasteiger partial charge in [-0.3, -0.25) is 9.78 Å². The Morgan fingerprint density at radius 1 is 1.19 bits per heavy atom. The highest BCUT2D eigenvalue weighted by molar-refractivity contribution is 5.90. The maximum Gasteiger partial charge on any atom is 0.224 e. The molecule has 1 aliphatic rings. The van der Waals surface area contributed by atoms with Crippen LogP contribution in [0.2, 0.25) is 0 Å². The van der Waals surface area contributed by atoms with Gasteiger partial charge in [-0.2, -0.15) is 0 Å². The Morgan fingerprint density at radius 3 is 2.48 bits per heavy atom. The van der Waals surface area contributed by atoms with Crippen LogP contribution in [0.3, 0.4) is 0 Å². The predicted octanol–water partition coefficient (Wildman–Crippen LogP) is 4.68. The molecule has 3 rings (SSSR count). The van der Waals surface area contributed by atoms with E-state index < -0.39 is 0 Å². The molecule has 2 N–H and O–H groups in total. The zero-order valence-corrected chi connectivity index (χ0v) is 17.0. The molecule has 0 aliphatic carbocycles. The lowest BCUT2D eigenvalue weighted by molar-refractivity contribution is -0.117. The smallest absolute Gasteiger partial charge is 0.224 e. The summed E-state index contributed by atoms with van der Waals surface area (Å²) < 4.78 is 5.72. The van der Waals surface area contributed by atoms with Crippen molar-refractivity contribution < 1.29 is 9.53 Å². The number of anilines is 1. The van der Waals surface area contributed by atoms with E-state index in [1.54, 1.807) is 24.5 Å². The fraction of sp³-hybridized carbons (Fsp3) is 0.400. The van der Waals surface area contributed by atoms with E-state index in [9.17, 15) is 4.79 Å². The summed E-state index contributed by atoms with van der Waals surface area (Å²) in [5.74, 6) is 2.52. The number of ether oxygens (including phenoxy) is 1. The normalized spacial score (nSPS) is 17.0. The van der Waals surface area contributed by atoms with Crippen molar-refractivity contribution in [2.75, 3.05) is 18.4 Å². The van der Waals surface area contributed by atoms with Crippen molar-refractivity contribution in [1.29, 1.82) is 0 Å². The number of aromatic nitrogens is 1. The summed E-state index contributed by atoms with van der Waals surface area (Å²) in [7, 11) is 0. The third-order valence-electron chi connectivity index (χ3n) is 4.67. The number of hydrogen-bond acceptors (Lipinski definition) is 4. The third kappa shape index (κ3) is 7.37. The number of carbonyl (C=O) groups excluding carboxylic acids is 1. The number of benzene rings is 1. The second kappa shape index (κ2) is 11.8. The first-order valence-corrected chi connectivity index (χ1v) is 8.89. The van der Waals surface area contributed by atoms with Gasteiger partial charge in [0.25, 0.3) is 0 Å². The first-order valence-electron chi connectivity index (χ1n) is 8.89. The van der Waals surface area contributed by atoms with E-state index in [-0.39, 0.29) is 30.7 Å². The van der Waals surface area contributed by atoms with Gasteiger partial charge in [-0.1, -0.05) is 6.92 Å². The summed E-state index contributed by atoms with van der Waals surface area (Å²) in [5, 5.41) is 6.39. The molecule has 7 heteroatoms. The molecule has 1 fully saturated rings. The molecule has 0 radical (unpaired) electrons. The number of nitrogens with zero attached hydrogens (tertiary/aromatic N) is 1. The second-order valence-electron chi connectivity index (χ2n) is 6.65. The molecule has 2 heterocycles. The minimum Gasteiger partial charge on any atom is -0.457 e. The molecule has 27 heavy (non-hydrogen) atoms. The summed E-state index contributed by atoms with van der Waals surface area (Å²) in [4.78, 5) is 16.2. The van der Waals surface area contributed by atoms with Gasteiger partial charge in [0.2, 0.25) is 5.91 Å². The van der Waals surface area contributed by atoms with Crippen LogP contribution in [0.1, 0.15) is 26.2 Å². The molecule has 1 aromatic carbocycles. The van der Waals surface area contributed by atoms with Crippen molar-refractivity contribution in [3.05, 3.63) is 48.8 Å². The summed E-state index contributed by atoms with van der Waals surface area (Å²) in [5.41, 5.74) is 0.793. The molecule has 2 aromatic rings. The fourth-order valence-electron chi connectivity index (χ4n) is 3.18. The average Bonchev–Trinajstić information content (AvgIpc) is 2.65. The number of nitrogens with one attached hydrogen (secondary N) is 2. The molecule has 0 bridgehead atoms. The van der Waals surface area contributed by atoms with Crippen LogP contribution in [-0.4, -0.2) is 24.0 Å². The number of halogens is 2. The fourth-order valence-corrected chi connectivity index (χ4v) is 3.18. The van der Waals surface area contributed by atoms with Gasteiger partial charge in [-0.05, 0) is 74.2 Å². The van der Waals surface area contributed by atoms with E-state index >= 15 is 0 Å². The third-order valence-corrected chi connectivity index (χ3v) is 4.67. The van der Waals surface area contributed by atoms with Gasteiger partial charge in [0, 0.05) is 24.5 Å². The number of hydrogen-bond donors (Lipinski definition) is 2. The van der Waals surface area contributed by atoms with Gasteiger partial charge in [-0.15, -0.1) is 24.8 Å². The van der Waals surface area contributed by atoms with Crippen molar-refractivity contribution >= 4 is 36.4 Å². The quantitative estimate of drug-likeness (QED) is 0.723. The lowest BCUT2D eigenvalue weighted by atomic mass is 9.85. The highest BCUT2D eigenvalue weighted by Crippen LogP contribution is 2.24. The Morgan fingerprint density at radius 2 is 1.85 bits per heavy atom. The molecule has 0 saturated carbocycles. The van der Waals surface area contributed by atoms with Gasteiger partial charge in [0.05, 0.1) is 0 Å². The van der Waals surface area contributed by atoms with Crippen molar-refractivity contribution in [1.82, 2.24) is 10.3 Å². The largest absolute Gasteiger partial charge is 0.457 e. The summed E-state index contributed by atoms with van der Waals surface area (Å²) >= 11 is 0. The average molecular weight is 412 g/mol. The van der Waals surface area contributed by atoms with Crippen molar-refractivity contribution in [2.45, 2.75) is 26.2 Å². The Labute approximate surface area is 173 Å². The lowest BCUT2D eigenvalue weighted by Crippen LogP contribution is -2.34. The van der Waals surface area contributed by atoms with Gasteiger partial charge in [0.1, 0.15) is 11.5 Å². The van der Waals surface area contributed by atoms with Crippen LogP contribution >= 0.6 is 24.8 Å². The Hall–Kier alpha value is -1.82. The summed E-state index contributed by atoms with van der Waals surface area (Å²) in [6, 6.07) is 11.0. The highest BCUT2D eigenvalue weighted by Gasteiger charge is 2.22. The minimum absolute atomic E-state index is 0. The van der Waals surface area contributed by atoms with Crippen molar-refractivity contribution in [2.24, 2.45) is 11.8 Å². The SMILES string of the molecule is CC(CC(=O)Nc1ccc(Oc2ccncc2)cc1)C1CCCNC1.Cl.Cl. The summed E-state index contributed by atoms with van der Waals surface area (Å²) in [6.45, 7) is 4.29. The van der Waals surface area contributed by atoms with Crippen LogP contribution in [0.25, 0.3) is 0 Å². The number of pyridine rings is 1. The van der Waals surface area contributed by atoms with Crippen LogP contribution in [0.15, 0.2) is 48.8 Å². The van der Waals surface area contributed by atoms with Gasteiger partial charge >= 0.3 is 0 Å². The molecular formula is C20H27Cl2N3O2. The monoisotopic (exact) mass is 411 g/mol. The number of carbonyl (C=O) groups is 1. The van der Waals surface area contributed by atoms with Crippen molar-refractivity contribution in [3.8, 4) is 11.5 Å². The Kier molecular flexibility index (Phi) is 10.1. The highest BCUT2D eigenvalue weighted by atomic mass is 35.5. The lowest BCUT2D eigenvalue weighted by Gasteiger charge is -2.28. The molecule has 1 saturated heterocycles. The maximum atomic E-state index is 12.3. The van der Waals surface area contributed by atoms with Crippen LogP contribution in [0.5, 0.6) is 11.5 Å². The maximum absolute atomic E-state index is 12.3. The van der Waals surface area contributed by atoms with E-state index in [1.807, 2.05) is 24.3 Å². The first-order chi connectivity index (χ1) is 12.2. The summed E-state index contributed by atoms with van der Waals surface area (Å²) in [6.07, 6.45) is 6.35. The number of piperidine rings is 1. The number of rotatable bonds is 6. The Balaban J connectivity index is 0.00000182. The zero-order valence-electron chi connectivity index (χ0n) is 15.4. The van der Waals surface area contributed by atoms with Gasteiger partial charge < -0.3 is 15.4 Å². The van der Waals surface area contributed by atoms with Crippen LogP contribution in [0.4, 0.5) is 5.69 Å². The van der Waals surface area contributed by atoms with E-state index in [4.69, 9.17) is 4.74 Å². The Bertz CT molecular complexity index is 677. The molecule has 5 nitrogen and oxygen atoms in total. The van der Waals surface area contributed by atoms with Crippen LogP contribution < -0.4 is 15.4 Å².